The van der Waals surface area contributed by atoms with Gasteiger partial charge in [-0.25, -0.2) is 4.79 Å². The number of nitrogens with one attached hydrogen (secondary N) is 1. The second-order valence-electron chi connectivity index (χ2n) is 3.63. The van der Waals surface area contributed by atoms with Crippen LogP contribution in [0.25, 0.3) is 0 Å². The van der Waals surface area contributed by atoms with Crippen molar-refractivity contribution in [2.75, 3.05) is 5.32 Å². The molecular weight excluding hydrogens is 285 g/mol. The highest BCUT2D eigenvalue weighted by Gasteiger charge is 2.31. The van der Waals surface area contributed by atoms with Crippen LogP contribution < -0.4 is 5.32 Å². The van der Waals surface area contributed by atoms with Crippen molar-refractivity contribution in [3.05, 3.63) is 33.9 Å². The van der Waals surface area contributed by atoms with E-state index in [0.29, 0.717) is 6.07 Å². The van der Waals surface area contributed by atoms with E-state index in [4.69, 9.17) is 5.11 Å². The number of carboxylic acids is 1. The fourth-order valence-electron chi connectivity index (χ4n) is 1.31. The van der Waals surface area contributed by atoms with Crippen molar-refractivity contribution in [3.8, 4) is 0 Å². The molecule has 1 rings (SSSR count). The number of nitro benzene ring substituents is 1. The maximum absolute atomic E-state index is 12.0. The zero-order valence-electron chi connectivity index (χ0n) is 9.60. The summed E-state index contributed by atoms with van der Waals surface area (Å²) in [6, 6.07) is 2.37. The number of hydrogen-bond acceptors (Lipinski definition) is 4. The number of nitrogens with zero attached hydrogens (tertiary/aromatic N) is 1. The molecule has 0 aliphatic heterocycles. The van der Waals surface area contributed by atoms with Crippen LogP contribution in [0.4, 0.5) is 24.5 Å². The topological polar surface area (TPSA) is 110 Å². The first-order chi connectivity index (χ1) is 9.10. The standard InChI is InChI=1S/C10H7F3N2O5/c11-10(12,13)4-8(16)14-7-3-5(15(19)20)1-2-6(7)9(17)18/h1-3H,4H2,(H,14,16)(H,17,18). The van der Waals surface area contributed by atoms with E-state index in [0.717, 1.165) is 12.1 Å². The molecule has 0 saturated heterocycles. The van der Waals surface area contributed by atoms with Crippen molar-refractivity contribution in [1.29, 1.82) is 0 Å². The van der Waals surface area contributed by atoms with Crippen LogP contribution in [0.5, 0.6) is 0 Å². The highest BCUT2D eigenvalue weighted by molar-refractivity contribution is 6.01. The molecule has 0 unspecified atom stereocenters. The second-order valence-corrected chi connectivity index (χ2v) is 3.63. The largest absolute Gasteiger partial charge is 0.478 e. The van der Waals surface area contributed by atoms with Gasteiger partial charge in [0.1, 0.15) is 6.42 Å². The van der Waals surface area contributed by atoms with Crippen LogP contribution in [0.3, 0.4) is 0 Å². The van der Waals surface area contributed by atoms with Gasteiger partial charge in [-0.2, -0.15) is 13.2 Å². The molecule has 0 atom stereocenters. The number of non-ortho nitro benzene ring substituents is 1. The predicted molar refractivity (Wildman–Crippen MR) is 59.4 cm³/mol. The Morgan fingerprint density at radius 2 is 1.95 bits per heavy atom. The molecule has 0 aromatic heterocycles. The molecule has 0 heterocycles. The lowest BCUT2D eigenvalue weighted by atomic mass is 10.1. The second kappa shape index (κ2) is 5.55. The van der Waals surface area contributed by atoms with Crippen molar-refractivity contribution in [1.82, 2.24) is 0 Å². The quantitative estimate of drug-likeness (QED) is 0.653. The fourth-order valence-corrected chi connectivity index (χ4v) is 1.31. The third kappa shape index (κ3) is 4.23. The average molecular weight is 292 g/mol. The van der Waals surface area contributed by atoms with Gasteiger partial charge in [0.2, 0.25) is 5.91 Å². The monoisotopic (exact) mass is 292 g/mol. The first-order valence-corrected chi connectivity index (χ1v) is 4.98. The van der Waals surface area contributed by atoms with Gasteiger partial charge in [-0.3, -0.25) is 14.9 Å². The van der Waals surface area contributed by atoms with Crippen LogP contribution in [0, 0.1) is 10.1 Å². The molecule has 0 aliphatic rings. The molecule has 7 nitrogen and oxygen atoms in total. The number of alkyl halides is 3. The number of carboxylic acid groups (broad SMARTS) is 1. The van der Waals surface area contributed by atoms with Gasteiger partial charge >= 0.3 is 12.1 Å². The maximum atomic E-state index is 12.0. The molecular formula is C10H7F3N2O5. The normalized spacial score (nSPS) is 10.9. The van der Waals surface area contributed by atoms with Gasteiger partial charge in [0, 0.05) is 12.1 Å². The van der Waals surface area contributed by atoms with Gasteiger partial charge in [-0.05, 0) is 6.07 Å². The maximum Gasteiger partial charge on any atom is 0.397 e. The molecule has 0 aliphatic carbocycles. The van der Waals surface area contributed by atoms with Crippen LogP contribution in [0.15, 0.2) is 18.2 Å². The third-order valence-corrected chi connectivity index (χ3v) is 2.08. The summed E-state index contributed by atoms with van der Waals surface area (Å²) < 4.78 is 36.0. The first kappa shape index (κ1) is 15.4. The Balaban J connectivity index is 3.08. The number of aromatic carboxylic acids is 1. The number of nitro groups is 1. The number of carbonyl (C=O) groups is 2. The van der Waals surface area contributed by atoms with Crippen molar-refractivity contribution in [2.24, 2.45) is 0 Å². The number of rotatable bonds is 4. The van der Waals surface area contributed by atoms with Crippen LogP contribution >= 0.6 is 0 Å². The molecule has 1 aromatic carbocycles. The fraction of sp³-hybridized carbons (Fsp3) is 0.200. The van der Waals surface area contributed by atoms with Crippen LogP contribution in [0.2, 0.25) is 0 Å². The minimum Gasteiger partial charge on any atom is -0.478 e. The van der Waals surface area contributed by atoms with E-state index in [2.05, 4.69) is 0 Å². The molecule has 1 aromatic rings. The predicted octanol–water partition coefficient (Wildman–Crippen LogP) is 2.18. The summed E-state index contributed by atoms with van der Waals surface area (Å²) in [6.07, 6.45) is -6.59. The average Bonchev–Trinajstić information content (AvgIpc) is 2.25. The zero-order valence-corrected chi connectivity index (χ0v) is 9.60. The Kier molecular flexibility index (Phi) is 4.27. The number of halogens is 3. The number of benzene rings is 1. The Labute approximate surface area is 109 Å². The lowest BCUT2D eigenvalue weighted by molar-refractivity contribution is -0.384. The first-order valence-electron chi connectivity index (χ1n) is 4.98. The summed E-state index contributed by atoms with van der Waals surface area (Å²) in [7, 11) is 0. The Bertz CT molecular complexity index is 571. The Morgan fingerprint density at radius 3 is 2.40 bits per heavy atom. The van der Waals surface area contributed by atoms with Crippen LogP contribution in [-0.2, 0) is 4.79 Å². The number of hydrogen-bond donors (Lipinski definition) is 2. The summed E-state index contributed by atoms with van der Waals surface area (Å²) in [5.74, 6) is -3.05. The minimum absolute atomic E-state index is 0.550. The van der Waals surface area contributed by atoms with Crippen LogP contribution in [0.1, 0.15) is 16.8 Å². The molecule has 108 valence electrons. The van der Waals surface area contributed by atoms with Gasteiger partial charge < -0.3 is 10.4 Å². The zero-order chi connectivity index (χ0) is 15.5. The lowest BCUT2D eigenvalue weighted by Gasteiger charge is -2.09. The van der Waals surface area contributed by atoms with Gasteiger partial charge in [0.15, 0.2) is 0 Å². The molecule has 0 fully saturated rings. The SMILES string of the molecule is O=C(CC(F)(F)F)Nc1cc([N+](=O)[O-])ccc1C(=O)O. The number of anilines is 1. The Morgan fingerprint density at radius 1 is 1.35 bits per heavy atom. The third-order valence-electron chi connectivity index (χ3n) is 2.08. The summed E-state index contributed by atoms with van der Waals surface area (Å²) >= 11 is 0. The highest BCUT2D eigenvalue weighted by Crippen LogP contribution is 2.25. The lowest BCUT2D eigenvalue weighted by Crippen LogP contribution is -2.22. The summed E-state index contributed by atoms with van der Waals surface area (Å²) in [5, 5.41) is 21.0. The number of carbonyl (C=O) groups excluding carboxylic acids is 1. The molecule has 0 bridgehead atoms. The molecule has 0 spiro atoms. The van der Waals surface area contributed by atoms with Crippen molar-refractivity contribution >= 4 is 23.3 Å². The summed E-state index contributed by atoms with van der Waals surface area (Å²) in [6.45, 7) is 0. The van der Waals surface area contributed by atoms with E-state index in [1.54, 1.807) is 5.32 Å². The van der Waals surface area contributed by atoms with E-state index in [9.17, 15) is 32.9 Å². The van der Waals surface area contributed by atoms with Gasteiger partial charge in [-0.1, -0.05) is 0 Å². The van der Waals surface area contributed by atoms with E-state index in [1.165, 1.54) is 0 Å². The molecule has 0 radical (unpaired) electrons. The van der Waals surface area contributed by atoms with Gasteiger partial charge in [0.25, 0.3) is 5.69 Å². The molecule has 20 heavy (non-hydrogen) atoms. The Hall–Kier alpha value is -2.65. The van der Waals surface area contributed by atoms with E-state index < -0.39 is 46.3 Å². The van der Waals surface area contributed by atoms with E-state index >= 15 is 0 Å². The van der Waals surface area contributed by atoms with E-state index in [-0.39, 0.29) is 0 Å². The molecule has 0 saturated carbocycles. The van der Waals surface area contributed by atoms with Crippen molar-refractivity contribution in [2.45, 2.75) is 12.6 Å². The summed E-state index contributed by atoms with van der Waals surface area (Å²) in [4.78, 5) is 31.6. The summed E-state index contributed by atoms with van der Waals surface area (Å²) in [5.41, 5.74) is -1.68. The van der Waals surface area contributed by atoms with Crippen LogP contribution in [-0.4, -0.2) is 28.1 Å². The van der Waals surface area contributed by atoms with E-state index in [1.807, 2.05) is 0 Å². The van der Waals surface area contributed by atoms with Crippen molar-refractivity contribution in [3.63, 3.8) is 0 Å². The van der Waals surface area contributed by atoms with Gasteiger partial charge in [0.05, 0.1) is 16.2 Å². The molecule has 10 heteroatoms. The van der Waals surface area contributed by atoms with Crippen molar-refractivity contribution < 1.29 is 32.8 Å². The smallest absolute Gasteiger partial charge is 0.397 e. The molecule has 1 amide bonds. The van der Waals surface area contributed by atoms with Gasteiger partial charge in [-0.15, -0.1) is 0 Å². The molecule has 2 N–H and O–H groups in total. The number of amides is 1. The highest BCUT2D eigenvalue weighted by atomic mass is 19.4. The minimum atomic E-state index is -4.77.